The molecule has 2 nitrogen and oxygen atoms in total. The highest BCUT2D eigenvalue weighted by molar-refractivity contribution is 9.10. The minimum absolute atomic E-state index is 0.0000113. The van der Waals surface area contributed by atoms with Gasteiger partial charge in [0.15, 0.2) is 11.6 Å². The van der Waals surface area contributed by atoms with Crippen LogP contribution < -0.4 is 0 Å². The van der Waals surface area contributed by atoms with E-state index in [4.69, 9.17) is 11.6 Å². The number of pyridine rings is 1. The quantitative estimate of drug-likeness (QED) is 0.628. The Bertz CT molecular complexity index is 589. The van der Waals surface area contributed by atoms with Gasteiger partial charge < -0.3 is 0 Å². The third kappa shape index (κ3) is 2.76. The van der Waals surface area contributed by atoms with E-state index in [9.17, 15) is 9.18 Å². The molecule has 5 heteroatoms. The molecule has 1 aromatic carbocycles. The molecule has 0 saturated heterocycles. The lowest BCUT2D eigenvalue weighted by atomic mass is 10.0. The molecule has 0 saturated carbocycles. The van der Waals surface area contributed by atoms with Gasteiger partial charge in [0.2, 0.25) is 0 Å². The van der Waals surface area contributed by atoms with Crippen molar-refractivity contribution in [2.75, 3.05) is 0 Å². The standard InChI is InChI=1S/C13H8BrClFNO/c14-10-2-1-9(13(16)12(10)15)11(18)7-8-3-5-17-6-4-8/h1-6H,7H2. The third-order valence-electron chi connectivity index (χ3n) is 2.45. The number of hydrogen-bond acceptors (Lipinski definition) is 2. The molecule has 0 aliphatic heterocycles. The van der Waals surface area contributed by atoms with E-state index in [0.29, 0.717) is 4.47 Å². The van der Waals surface area contributed by atoms with Crippen LogP contribution in [0.15, 0.2) is 41.1 Å². The van der Waals surface area contributed by atoms with Gasteiger partial charge in [-0.1, -0.05) is 11.6 Å². The molecule has 0 unspecified atom stereocenters. The summed E-state index contributed by atoms with van der Waals surface area (Å²) < 4.78 is 14.3. The third-order valence-corrected chi connectivity index (χ3v) is 3.71. The predicted octanol–water partition coefficient (Wildman–Crippen LogP) is 4.06. The highest BCUT2D eigenvalue weighted by Crippen LogP contribution is 2.28. The van der Waals surface area contributed by atoms with Gasteiger partial charge in [0.05, 0.1) is 10.6 Å². The number of nitrogens with zero attached hydrogens (tertiary/aromatic N) is 1. The van der Waals surface area contributed by atoms with Crippen molar-refractivity contribution in [1.82, 2.24) is 4.98 Å². The van der Waals surface area contributed by atoms with Gasteiger partial charge in [-0.3, -0.25) is 9.78 Å². The average molecular weight is 329 g/mol. The summed E-state index contributed by atoms with van der Waals surface area (Å²) in [6, 6.07) is 6.42. The first-order chi connectivity index (χ1) is 8.59. The molecule has 1 aromatic heterocycles. The van der Waals surface area contributed by atoms with E-state index in [1.54, 1.807) is 30.6 Å². The summed E-state index contributed by atoms with van der Waals surface area (Å²) in [5.41, 5.74) is 0.786. The summed E-state index contributed by atoms with van der Waals surface area (Å²) in [7, 11) is 0. The molecular formula is C13H8BrClFNO. The fraction of sp³-hybridized carbons (Fsp3) is 0.0769. The van der Waals surface area contributed by atoms with Crippen molar-refractivity contribution in [2.24, 2.45) is 0 Å². The number of halogens is 3. The summed E-state index contributed by atoms with van der Waals surface area (Å²) in [6.45, 7) is 0. The SMILES string of the molecule is O=C(Cc1ccncc1)c1ccc(Br)c(Cl)c1F. The minimum atomic E-state index is -0.690. The Kier molecular flexibility index (Phi) is 4.09. The van der Waals surface area contributed by atoms with Gasteiger partial charge >= 0.3 is 0 Å². The van der Waals surface area contributed by atoms with E-state index in [1.807, 2.05) is 0 Å². The molecule has 18 heavy (non-hydrogen) atoms. The van der Waals surface area contributed by atoms with Gasteiger partial charge in [-0.05, 0) is 45.8 Å². The molecule has 2 aromatic rings. The zero-order valence-electron chi connectivity index (χ0n) is 9.16. The lowest BCUT2D eigenvalue weighted by Gasteiger charge is -2.05. The average Bonchev–Trinajstić information content (AvgIpc) is 2.37. The number of benzene rings is 1. The van der Waals surface area contributed by atoms with E-state index in [0.717, 1.165) is 5.56 Å². The van der Waals surface area contributed by atoms with Crippen molar-refractivity contribution >= 4 is 33.3 Å². The van der Waals surface area contributed by atoms with E-state index < -0.39 is 5.82 Å². The summed E-state index contributed by atoms with van der Waals surface area (Å²) in [4.78, 5) is 15.8. The second-order valence-electron chi connectivity index (χ2n) is 3.68. The minimum Gasteiger partial charge on any atom is -0.294 e. The molecule has 2 rings (SSSR count). The first kappa shape index (κ1) is 13.2. The van der Waals surface area contributed by atoms with E-state index >= 15 is 0 Å². The summed E-state index contributed by atoms with van der Waals surface area (Å²) in [6.07, 6.45) is 3.30. The monoisotopic (exact) mass is 327 g/mol. The Morgan fingerprint density at radius 2 is 1.94 bits per heavy atom. The molecule has 0 aliphatic rings. The maximum absolute atomic E-state index is 13.8. The van der Waals surface area contributed by atoms with Crippen LogP contribution >= 0.6 is 27.5 Å². The number of carbonyl (C=O) groups is 1. The van der Waals surface area contributed by atoms with E-state index in [1.165, 1.54) is 6.07 Å². The molecule has 0 N–H and O–H groups in total. The van der Waals surface area contributed by atoms with Gasteiger partial charge in [-0.15, -0.1) is 0 Å². The zero-order chi connectivity index (χ0) is 13.1. The van der Waals surface area contributed by atoms with Gasteiger partial charge in [0, 0.05) is 23.3 Å². The molecule has 0 fully saturated rings. The first-order valence-electron chi connectivity index (χ1n) is 5.15. The highest BCUT2D eigenvalue weighted by atomic mass is 79.9. The van der Waals surface area contributed by atoms with Crippen LogP contribution in [0, 0.1) is 5.82 Å². The molecule has 1 heterocycles. The van der Waals surface area contributed by atoms with Crippen LogP contribution in [0.3, 0.4) is 0 Å². The van der Waals surface area contributed by atoms with Crippen LogP contribution in [0.25, 0.3) is 0 Å². The van der Waals surface area contributed by atoms with Gasteiger partial charge in [-0.25, -0.2) is 4.39 Å². The van der Waals surface area contributed by atoms with Gasteiger partial charge in [-0.2, -0.15) is 0 Å². The maximum atomic E-state index is 13.8. The topological polar surface area (TPSA) is 30.0 Å². The first-order valence-corrected chi connectivity index (χ1v) is 6.32. The molecule has 0 atom stereocenters. The van der Waals surface area contributed by atoms with Crippen molar-refractivity contribution < 1.29 is 9.18 Å². The zero-order valence-corrected chi connectivity index (χ0v) is 11.5. The van der Waals surface area contributed by atoms with Crippen LogP contribution in [-0.2, 0) is 6.42 Å². The summed E-state index contributed by atoms with van der Waals surface area (Å²) in [5.74, 6) is -1.00. The number of aromatic nitrogens is 1. The fourth-order valence-corrected chi connectivity index (χ4v) is 1.99. The van der Waals surface area contributed by atoms with Gasteiger partial charge in [0.25, 0.3) is 0 Å². The van der Waals surface area contributed by atoms with E-state index in [-0.39, 0.29) is 22.8 Å². The van der Waals surface area contributed by atoms with Crippen LogP contribution in [0.4, 0.5) is 4.39 Å². The van der Waals surface area contributed by atoms with Crippen molar-refractivity contribution in [3.8, 4) is 0 Å². The smallest absolute Gasteiger partial charge is 0.170 e. The van der Waals surface area contributed by atoms with Gasteiger partial charge in [0.1, 0.15) is 0 Å². The number of ketones is 1. The Hall–Kier alpha value is -1.26. The Morgan fingerprint density at radius 3 is 2.61 bits per heavy atom. The number of rotatable bonds is 3. The molecular weight excluding hydrogens is 321 g/mol. The predicted molar refractivity (Wildman–Crippen MR) is 71.4 cm³/mol. The summed E-state index contributed by atoms with van der Waals surface area (Å²) >= 11 is 8.85. The molecule has 0 bridgehead atoms. The maximum Gasteiger partial charge on any atom is 0.170 e. The van der Waals surface area contributed by atoms with Crippen LogP contribution in [-0.4, -0.2) is 10.8 Å². The van der Waals surface area contributed by atoms with Crippen molar-refractivity contribution in [3.63, 3.8) is 0 Å². The van der Waals surface area contributed by atoms with Crippen molar-refractivity contribution in [2.45, 2.75) is 6.42 Å². The molecule has 0 amide bonds. The second-order valence-corrected chi connectivity index (χ2v) is 4.91. The number of Topliss-reactive ketones (excluding diaryl/α,β-unsaturated/α-hetero) is 1. The van der Waals surface area contributed by atoms with Crippen LogP contribution in [0.1, 0.15) is 15.9 Å². The van der Waals surface area contributed by atoms with Crippen molar-refractivity contribution in [1.29, 1.82) is 0 Å². The van der Waals surface area contributed by atoms with Crippen molar-refractivity contribution in [3.05, 3.63) is 63.1 Å². The lowest BCUT2D eigenvalue weighted by molar-refractivity contribution is 0.0989. The Balaban J connectivity index is 2.28. The number of carbonyl (C=O) groups excluding carboxylic acids is 1. The second kappa shape index (κ2) is 5.59. The Labute approximate surface area is 117 Å². The van der Waals surface area contributed by atoms with Crippen LogP contribution in [0.5, 0.6) is 0 Å². The largest absolute Gasteiger partial charge is 0.294 e. The fourth-order valence-electron chi connectivity index (χ4n) is 1.52. The summed E-state index contributed by atoms with van der Waals surface area (Å²) in [5, 5.41) is -0.0735. The molecule has 92 valence electrons. The number of hydrogen-bond donors (Lipinski definition) is 0. The van der Waals surface area contributed by atoms with E-state index in [2.05, 4.69) is 20.9 Å². The molecule has 0 radical (unpaired) electrons. The Morgan fingerprint density at radius 1 is 1.28 bits per heavy atom. The molecule has 0 spiro atoms. The normalized spacial score (nSPS) is 10.4. The lowest BCUT2D eigenvalue weighted by Crippen LogP contribution is -2.06. The van der Waals surface area contributed by atoms with Crippen LogP contribution in [0.2, 0.25) is 5.02 Å². The molecule has 0 aliphatic carbocycles. The highest BCUT2D eigenvalue weighted by Gasteiger charge is 2.16.